The van der Waals surface area contributed by atoms with Gasteiger partial charge in [-0.15, -0.1) is 0 Å². The Balaban J connectivity index is 2.05. The van der Waals surface area contributed by atoms with Crippen LogP contribution in [0.3, 0.4) is 0 Å². The zero-order chi connectivity index (χ0) is 15.3. The van der Waals surface area contributed by atoms with Gasteiger partial charge in [0.1, 0.15) is 11.4 Å². The minimum Gasteiger partial charge on any atom is -0.487 e. The Kier molecular flexibility index (Phi) is 5.14. The fraction of sp³-hybridized carbons (Fsp3) is 0.625. The molecule has 0 aliphatic heterocycles. The Morgan fingerprint density at radius 2 is 1.90 bits per heavy atom. The van der Waals surface area contributed by atoms with E-state index in [4.69, 9.17) is 4.74 Å². The molecular formula is C16H22F3NO. The Labute approximate surface area is 123 Å². The zero-order valence-electron chi connectivity index (χ0n) is 12.3. The molecular weight excluding hydrogens is 279 g/mol. The van der Waals surface area contributed by atoms with E-state index in [1.165, 1.54) is 12.1 Å². The molecule has 1 aliphatic carbocycles. The highest BCUT2D eigenvalue weighted by atomic mass is 19.4. The monoisotopic (exact) mass is 301 g/mol. The quantitative estimate of drug-likeness (QED) is 0.754. The summed E-state index contributed by atoms with van der Waals surface area (Å²) in [5.41, 5.74) is -1.11. The van der Waals surface area contributed by atoms with E-state index in [0.29, 0.717) is 0 Å². The van der Waals surface area contributed by atoms with Gasteiger partial charge < -0.3 is 10.1 Å². The standard InChI is InChI=1S/C16H22F3NO/c1-2-11-20-12-10-15(8-5-9-15)21-14-7-4-3-6-13(14)16(17,18)19/h3-4,6-7,20H,2,5,8-12H2,1H3. The molecule has 118 valence electrons. The molecule has 0 spiro atoms. The fourth-order valence-electron chi connectivity index (χ4n) is 2.62. The van der Waals surface area contributed by atoms with Crippen LogP contribution in [0.2, 0.25) is 0 Å². The van der Waals surface area contributed by atoms with Crippen molar-refractivity contribution in [1.29, 1.82) is 0 Å². The van der Waals surface area contributed by atoms with Crippen LogP contribution in [0.25, 0.3) is 0 Å². The Morgan fingerprint density at radius 1 is 1.19 bits per heavy atom. The number of hydrogen-bond donors (Lipinski definition) is 1. The Morgan fingerprint density at radius 3 is 2.48 bits per heavy atom. The van der Waals surface area contributed by atoms with E-state index >= 15 is 0 Å². The molecule has 0 saturated heterocycles. The lowest BCUT2D eigenvalue weighted by Crippen LogP contribution is -2.45. The van der Waals surface area contributed by atoms with Crippen LogP contribution in [0.4, 0.5) is 13.2 Å². The highest BCUT2D eigenvalue weighted by Gasteiger charge is 2.41. The van der Waals surface area contributed by atoms with Crippen molar-refractivity contribution < 1.29 is 17.9 Å². The number of rotatable bonds is 7. The van der Waals surface area contributed by atoms with Crippen molar-refractivity contribution in [2.24, 2.45) is 0 Å². The number of para-hydroxylation sites is 1. The summed E-state index contributed by atoms with van der Waals surface area (Å²) < 4.78 is 44.8. The molecule has 0 unspecified atom stereocenters. The van der Waals surface area contributed by atoms with Crippen molar-refractivity contribution in [3.05, 3.63) is 29.8 Å². The van der Waals surface area contributed by atoms with E-state index in [-0.39, 0.29) is 5.75 Å². The summed E-state index contributed by atoms with van der Waals surface area (Å²) in [6.07, 6.45) is 0.0912. The maximum atomic E-state index is 13.0. The highest BCUT2D eigenvalue weighted by Crippen LogP contribution is 2.43. The molecule has 1 N–H and O–H groups in total. The minimum absolute atomic E-state index is 0.0415. The van der Waals surface area contributed by atoms with E-state index in [1.807, 2.05) is 0 Å². The van der Waals surface area contributed by atoms with Crippen molar-refractivity contribution >= 4 is 0 Å². The summed E-state index contributed by atoms with van der Waals surface area (Å²) in [6, 6.07) is 5.48. The summed E-state index contributed by atoms with van der Waals surface area (Å²) in [4.78, 5) is 0. The predicted molar refractivity (Wildman–Crippen MR) is 76.4 cm³/mol. The van der Waals surface area contributed by atoms with Crippen LogP contribution < -0.4 is 10.1 Å². The van der Waals surface area contributed by atoms with Gasteiger partial charge in [-0.25, -0.2) is 0 Å². The van der Waals surface area contributed by atoms with E-state index in [1.54, 1.807) is 6.07 Å². The molecule has 5 heteroatoms. The summed E-state index contributed by atoms with van der Waals surface area (Å²) in [5.74, 6) is -0.0415. The normalized spacial score (nSPS) is 17.3. The molecule has 0 atom stereocenters. The molecule has 1 aromatic rings. The number of benzene rings is 1. The lowest BCUT2D eigenvalue weighted by molar-refractivity contribution is -0.141. The van der Waals surface area contributed by atoms with Crippen molar-refractivity contribution in [2.75, 3.05) is 13.1 Å². The first-order valence-electron chi connectivity index (χ1n) is 7.53. The minimum atomic E-state index is -4.37. The third-order valence-corrected chi connectivity index (χ3v) is 3.97. The molecule has 2 rings (SSSR count). The van der Waals surface area contributed by atoms with Gasteiger partial charge in [-0.1, -0.05) is 19.1 Å². The molecule has 0 bridgehead atoms. The second-order valence-electron chi connectivity index (χ2n) is 5.63. The molecule has 0 amide bonds. The first kappa shape index (κ1) is 16.1. The molecule has 0 aromatic heterocycles. The number of ether oxygens (including phenoxy) is 1. The molecule has 1 fully saturated rings. The van der Waals surface area contributed by atoms with Gasteiger partial charge in [-0.05, 0) is 57.3 Å². The van der Waals surface area contributed by atoms with Gasteiger partial charge in [-0.3, -0.25) is 0 Å². The topological polar surface area (TPSA) is 21.3 Å². The van der Waals surface area contributed by atoms with E-state index < -0.39 is 17.3 Å². The Hall–Kier alpha value is -1.23. The average Bonchev–Trinajstić information content (AvgIpc) is 2.40. The first-order chi connectivity index (χ1) is 9.97. The summed E-state index contributed by atoms with van der Waals surface area (Å²) >= 11 is 0. The van der Waals surface area contributed by atoms with E-state index in [0.717, 1.165) is 51.3 Å². The molecule has 1 aliphatic rings. The third kappa shape index (κ3) is 4.13. The fourth-order valence-corrected chi connectivity index (χ4v) is 2.62. The van der Waals surface area contributed by atoms with E-state index in [2.05, 4.69) is 12.2 Å². The number of alkyl halides is 3. The molecule has 21 heavy (non-hydrogen) atoms. The largest absolute Gasteiger partial charge is 0.487 e. The van der Waals surface area contributed by atoms with Crippen LogP contribution in [0.5, 0.6) is 5.75 Å². The van der Waals surface area contributed by atoms with Gasteiger partial charge in [0.05, 0.1) is 5.56 Å². The van der Waals surface area contributed by atoms with Crippen LogP contribution in [0, 0.1) is 0 Å². The van der Waals surface area contributed by atoms with E-state index in [9.17, 15) is 13.2 Å². The molecule has 0 heterocycles. The van der Waals surface area contributed by atoms with Crippen molar-refractivity contribution in [3.63, 3.8) is 0 Å². The van der Waals surface area contributed by atoms with Gasteiger partial charge in [0.2, 0.25) is 0 Å². The van der Waals surface area contributed by atoms with Crippen molar-refractivity contribution in [3.8, 4) is 5.75 Å². The summed E-state index contributed by atoms with van der Waals surface area (Å²) in [6.45, 7) is 3.79. The van der Waals surface area contributed by atoms with Gasteiger partial charge in [0.15, 0.2) is 0 Å². The van der Waals surface area contributed by atoms with Crippen LogP contribution in [-0.2, 0) is 6.18 Å². The maximum Gasteiger partial charge on any atom is 0.419 e. The molecule has 1 saturated carbocycles. The Bertz CT molecular complexity index is 455. The van der Waals surface area contributed by atoms with Crippen molar-refractivity contribution in [1.82, 2.24) is 5.32 Å². The zero-order valence-corrected chi connectivity index (χ0v) is 12.3. The lowest BCUT2D eigenvalue weighted by Gasteiger charge is -2.42. The summed E-state index contributed by atoms with van der Waals surface area (Å²) in [7, 11) is 0. The van der Waals surface area contributed by atoms with Crippen LogP contribution >= 0.6 is 0 Å². The predicted octanol–water partition coefficient (Wildman–Crippen LogP) is 4.40. The van der Waals surface area contributed by atoms with Gasteiger partial charge in [0, 0.05) is 0 Å². The first-order valence-corrected chi connectivity index (χ1v) is 7.53. The third-order valence-electron chi connectivity index (χ3n) is 3.97. The van der Waals surface area contributed by atoms with Crippen LogP contribution in [0.15, 0.2) is 24.3 Å². The smallest absolute Gasteiger partial charge is 0.419 e. The SMILES string of the molecule is CCCNCCC1(Oc2ccccc2C(F)(F)F)CCC1. The number of hydrogen-bond acceptors (Lipinski definition) is 2. The second-order valence-corrected chi connectivity index (χ2v) is 5.63. The second kappa shape index (κ2) is 6.69. The number of nitrogens with one attached hydrogen (secondary N) is 1. The molecule has 2 nitrogen and oxygen atoms in total. The molecule has 1 aromatic carbocycles. The van der Waals surface area contributed by atoms with Gasteiger partial charge in [-0.2, -0.15) is 13.2 Å². The van der Waals surface area contributed by atoms with Gasteiger partial charge in [0.25, 0.3) is 0 Å². The van der Waals surface area contributed by atoms with Crippen LogP contribution in [-0.4, -0.2) is 18.7 Å². The molecule has 0 radical (unpaired) electrons. The summed E-state index contributed by atoms with van der Waals surface area (Å²) in [5, 5.41) is 3.29. The number of halogens is 3. The van der Waals surface area contributed by atoms with Crippen LogP contribution in [0.1, 0.15) is 44.6 Å². The van der Waals surface area contributed by atoms with Crippen molar-refractivity contribution in [2.45, 2.75) is 50.8 Å². The average molecular weight is 301 g/mol. The lowest BCUT2D eigenvalue weighted by atomic mass is 9.77. The maximum absolute atomic E-state index is 13.0. The van der Waals surface area contributed by atoms with Gasteiger partial charge >= 0.3 is 6.18 Å². The highest BCUT2D eigenvalue weighted by molar-refractivity contribution is 5.36.